The standard InChI is InChI=1S/C12H11NO2S/c1-8-4-3-5-9(6-8)7-10-11(14)13(2)12(15)16-10/h3-7H,1-2H3. The summed E-state index contributed by atoms with van der Waals surface area (Å²) < 4.78 is 0. The summed E-state index contributed by atoms with van der Waals surface area (Å²) in [4.78, 5) is 24.5. The Balaban J connectivity index is 2.33. The molecule has 1 aliphatic rings. The van der Waals surface area contributed by atoms with E-state index in [2.05, 4.69) is 0 Å². The van der Waals surface area contributed by atoms with Crippen LogP contribution in [0.4, 0.5) is 4.79 Å². The second-order valence-corrected chi connectivity index (χ2v) is 4.65. The average molecular weight is 233 g/mol. The van der Waals surface area contributed by atoms with E-state index in [0.717, 1.165) is 27.8 Å². The summed E-state index contributed by atoms with van der Waals surface area (Å²) in [5.41, 5.74) is 2.07. The zero-order valence-electron chi connectivity index (χ0n) is 9.06. The lowest BCUT2D eigenvalue weighted by Crippen LogP contribution is -2.22. The minimum atomic E-state index is -0.225. The lowest BCUT2D eigenvalue weighted by molar-refractivity contribution is -0.121. The SMILES string of the molecule is Cc1cccc(C=C2SC(=O)N(C)C2=O)c1. The lowest BCUT2D eigenvalue weighted by Gasteiger charge is -2.01. The van der Waals surface area contributed by atoms with Crippen molar-refractivity contribution in [2.24, 2.45) is 0 Å². The van der Waals surface area contributed by atoms with Gasteiger partial charge in [0.05, 0.1) is 4.91 Å². The van der Waals surface area contributed by atoms with Crippen molar-refractivity contribution in [3.8, 4) is 0 Å². The predicted octanol–water partition coefficient (Wildman–Crippen LogP) is 2.66. The molecule has 0 aliphatic carbocycles. The molecule has 0 bridgehead atoms. The molecule has 3 nitrogen and oxygen atoms in total. The van der Waals surface area contributed by atoms with Crippen LogP contribution in [0.2, 0.25) is 0 Å². The van der Waals surface area contributed by atoms with Crippen molar-refractivity contribution < 1.29 is 9.59 Å². The molecule has 0 N–H and O–H groups in total. The molecule has 0 aromatic heterocycles. The Morgan fingerprint density at radius 3 is 2.62 bits per heavy atom. The van der Waals surface area contributed by atoms with Crippen LogP contribution in [-0.2, 0) is 4.79 Å². The van der Waals surface area contributed by atoms with Gasteiger partial charge in [0.2, 0.25) is 0 Å². The minimum Gasteiger partial charge on any atom is -0.272 e. The molecule has 2 rings (SSSR count). The molecule has 1 aromatic rings. The number of benzene rings is 1. The van der Waals surface area contributed by atoms with E-state index in [4.69, 9.17) is 0 Å². The number of aryl methyl sites for hydroxylation is 1. The van der Waals surface area contributed by atoms with Crippen LogP contribution in [0.3, 0.4) is 0 Å². The second kappa shape index (κ2) is 4.14. The van der Waals surface area contributed by atoms with Gasteiger partial charge in [-0.2, -0.15) is 0 Å². The van der Waals surface area contributed by atoms with Crippen LogP contribution in [0.1, 0.15) is 11.1 Å². The van der Waals surface area contributed by atoms with Crippen molar-refractivity contribution in [3.63, 3.8) is 0 Å². The minimum absolute atomic E-state index is 0.219. The van der Waals surface area contributed by atoms with E-state index >= 15 is 0 Å². The largest absolute Gasteiger partial charge is 0.293 e. The number of thioether (sulfide) groups is 1. The van der Waals surface area contributed by atoms with Gasteiger partial charge in [-0.25, -0.2) is 0 Å². The maximum atomic E-state index is 11.6. The summed E-state index contributed by atoms with van der Waals surface area (Å²) in [7, 11) is 1.49. The summed E-state index contributed by atoms with van der Waals surface area (Å²) in [6.45, 7) is 1.99. The van der Waals surface area contributed by atoms with Gasteiger partial charge in [0.25, 0.3) is 11.1 Å². The second-order valence-electron chi connectivity index (χ2n) is 3.65. The summed E-state index contributed by atoms with van der Waals surface area (Å²) in [6, 6.07) is 7.81. The van der Waals surface area contributed by atoms with E-state index in [0.29, 0.717) is 4.91 Å². The van der Waals surface area contributed by atoms with E-state index in [1.54, 1.807) is 6.08 Å². The third kappa shape index (κ3) is 2.02. The maximum Gasteiger partial charge on any atom is 0.293 e. The predicted molar refractivity (Wildman–Crippen MR) is 64.9 cm³/mol. The van der Waals surface area contributed by atoms with Crippen molar-refractivity contribution in [3.05, 3.63) is 40.3 Å². The highest BCUT2D eigenvalue weighted by Gasteiger charge is 2.31. The topological polar surface area (TPSA) is 37.4 Å². The van der Waals surface area contributed by atoms with Gasteiger partial charge in [0, 0.05) is 7.05 Å². The molecule has 1 fully saturated rings. The van der Waals surface area contributed by atoms with Crippen molar-refractivity contribution in [2.45, 2.75) is 6.92 Å². The summed E-state index contributed by atoms with van der Waals surface area (Å²) in [6.07, 6.45) is 1.75. The first-order chi connectivity index (χ1) is 7.58. The third-order valence-corrected chi connectivity index (χ3v) is 3.29. The molecule has 1 aliphatic heterocycles. The third-order valence-electron chi connectivity index (χ3n) is 2.33. The molecule has 16 heavy (non-hydrogen) atoms. The Bertz CT molecular complexity index is 494. The van der Waals surface area contributed by atoms with Crippen LogP contribution in [0, 0.1) is 6.92 Å². The summed E-state index contributed by atoms with van der Waals surface area (Å²) in [5.74, 6) is -0.225. The lowest BCUT2D eigenvalue weighted by atomic mass is 10.1. The monoisotopic (exact) mass is 233 g/mol. The molecule has 0 atom stereocenters. The number of carbonyl (C=O) groups excluding carboxylic acids is 2. The summed E-state index contributed by atoms with van der Waals surface area (Å²) in [5, 5.41) is -0.219. The number of hydrogen-bond acceptors (Lipinski definition) is 3. The van der Waals surface area contributed by atoms with E-state index in [1.807, 2.05) is 31.2 Å². The van der Waals surface area contributed by atoms with Gasteiger partial charge in [-0.05, 0) is 30.3 Å². The molecular formula is C12H11NO2S. The number of hydrogen-bond donors (Lipinski definition) is 0. The molecule has 0 spiro atoms. The Morgan fingerprint density at radius 2 is 2.06 bits per heavy atom. The van der Waals surface area contributed by atoms with E-state index < -0.39 is 0 Å². The smallest absolute Gasteiger partial charge is 0.272 e. The van der Waals surface area contributed by atoms with Gasteiger partial charge >= 0.3 is 0 Å². The van der Waals surface area contributed by atoms with Gasteiger partial charge in [0.15, 0.2) is 0 Å². The van der Waals surface area contributed by atoms with Crippen molar-refractivity contribution in [1.29, 1.82) is 0 Å². The molecule has 0 saturated carbocycles. The zero-order valence-corrected chi connectivity index (χ0v) is 9.88. The number of rotatable bonds is 1. The van der Waals surface area contributed by atoms with Gasteiger partial charge in [-0.15, -0.1) is 0 Å². The quantitative estimate of drug-likeness (QED) is 0.700. The van der Waals surface area contributed by atoms with E-state index in [-0.39, 0.29) is 11.1 Å². The van der Waals surface area contributed by atoms with Gasteiger partial charge in [-0.1, -0.05) is 29.8 Å². The Morgan fingerprint density at radius 1 is 1.31 bits per heavy atom. The Hall–Kier alpha value is -1.55. The van der Waals surface area contributed by atoms with Gasteiger partial charge < -0.3 is 0 Å². The van der Waals surface area contributed by atoms with Gasteiger partial charge in [0.1, 0.15) is 0 Å². The highest BCUT2D eigenvalue weighted by atomic mass is 32.2. The van der Waals surface area contributed by atoms with Crippen molar-refractivity contribution in [2.75, 3.05) is 7.05 Å². The number of amides is 2. The molecule has 1 heterocycles. The van der Waals surface area contributed by atoms with Crippen molar-refractivity contribution in [1.82, 2.24) is 4.90 Å². The average Bonchev–Trinajstić information content (AvgIpc) is 2.47. The summed E-state index contributed by atoms with van der Waals surface area (Å²) >= 11 is 0.981. The zero-order chi connectivity index (χ0) is 11.7. The van der Waals surface area contributed by atoms with Gasteiger partial charge in [-0.3, -0.25) is 14.5 Å². The molecule has 0 radical (unpaired) electrons. The van der Waals surface area contributed by atoms with Crippen LogP contribution in [0.5, 0.6) is 0 Å². The Kier molecular flexibility index (Phi) is 2.83. The number of nitrogens with zero attached hydrogens (tertiary/aromatic N) is 1. The fraction of sp³-hybridized carbons (Fsp3) is 0.167. The normalized spacial score (nSPS) is 18.6. The molecule has 0 unspecified atom stereocenters. The van der Waals surface area contributed by atoms with Crippen LogP contribution in [0.15, 0.2) is 29.2 Å². The molecule has 4 heteroatoms. The molecular weight excluding hydrogens is 222 g/mol. The maximum absolute atomic E-state index is 11.6. The fourth-order valence-electron chi connectivity index (χ4n) is 1.46. The molecule has 82 valence electrons. The highest BCUT2D eigenvalue weighted by Crippen LogP contribution is 2.30. The first-order valence-electron chi connectivity index (χ1n) is 4.86. The number of likely N-dealkylation sites (N-methyl/N-ethyl adjacent to an activating group) is 1. The number of imide groups is 1. The van der Waals surface area contributed by atoms with Crippen LogP contribution in [0.25, 0.3) is 6.08 Å². The Labute approximate surface area is 98.1 Å². The molecule has 1 aromatic carbocycles. The first-order valence-corrected chi connectivity index (χ1v) is 5.68. The van der Waals surface area contributed by atoms with E-state index in [9.17, 15) is 9.59 Å². The van der Waals surface area contributed by atoms with E-state index in [1.165, 1.54) is 7.05 Å². The van der Waals surface area contributed by atoms with Crippen molar-refractivity contribution >= 4 is 29.0 Å². The number of carbonyl (C=O) groups is 2. The van der Waals surface area contributed by atoms with Crippen LogP contribution < -0.4 is 0 Å². The highest BCUT2D eigenvalue weighted by molar-refractivity contribution is 8.18. The molecule has 1 saturated heterocycles. The van der Waals surface area contributed by atoms with Crippen LogP contribution in [-0.4, -0.2) is 23.1 Å². The first kappa shape index (κ1) is 11.0. The van der Waals surface area contributed by atoms with Crippen LogP contribution >= 0.6 is 11.8 Å². The molecule has 2 amide bonds. The fourth-order valence-corrected chi connectivity index (χ4v) is 2.28.